The van der Waals surface area contributed by atoms with Crippen LogP contribution in [0.5, 0.6) is 11.5 Å². The number of pyridine rings is 1. The summed E-state index contributed by atoms with van der Waals surface area (Å²) < 4.78 is 73.1. The smallest absolute Gasteiger partial charge is 0.293 e. The van der Waals surface area contributed by atoms with Gasteiger partial charge in [0.05, 0.1) is 27.3 Å². The number of benzene rings is 4. The molecule has 0 radical (unpaired) electrons. The third-order valence-electron chi connectivity index (χ3n) is 17.1. The molecule has 4 aliphatic heterocycles. The highest BCUT2D eigenvalue weighted by Crippen LogP contribution is 2.54. The van der Waals surface area contributed by atoms with E-state index in [1.54, 1.807) is 18.3 Å². The van der Waals surface area contributed by atoms with Crippen molar-refractivity contribution in [1.82, 2.24) is 29.4 Å². The summed E-state index contributed by atoms with van der Waals surface area (Å²) in [5.74, 6) is -1.46. The molecule has 4 saturated heterocycles. The number of aromatic amines is 1. The van der Waals surface area contributed by atoms with Gasteiger partial charge in [0.1, 0.15) is 34.3 Å². The van der Waals surface area contributed by atoms with E-state index in [-0.39, 0.29) is 66.9 Å². The van der Waals surface area contributed by atoms with Crippen LogP contribution in [0, 0.1) is 21.3 Å². The molecule has 19 heteroatoms. The number of ether oxygens (including phenoxy) is 2. The molecule has 2 aromatic heterocycles. The molecule has 1 aliphatic carbocycles. The van der Waals surface area contributed by atoms with E-state index in [9.17, 15) is 23.3 Å². The number of nitrogens with zero attached hydrogens (tertiary/aromatic N) is 6. The second-order valence-electron chi connectivity index (χ2n) is 22.6. The summed E-state index contributed by atoms with van der Waals surface area (Å²) in [7, 11) is -4.78. The zero-order valence-electron chi connectivity index (χ0n) is 44.4. The Morgan fingerprint density at radius 1 is 0.897 bits per heavy atom. The minimum absolute atomic E-state index is 0.0952. The van der Waals surface area contributed by atoms with E-state index < -0.39 is 48.5 Å². The van der Waals surface area contributed by atoms with E-state index in [1.807, 2.05) is 9.62 Å². The largest absolute Gasteiger partial charge is 0.455 e. The molecule has 5 aliphatic rings. The highest BCUT2D eigenvalue weighted by Gasteiger charge is 2.50. The van der Waals surface area contributed by atoms with Gasteiger partial charge in [-0.3, -0.25) is 29.6 Å². The number of H-pyrrole nitrogens is 1. The van der Waals surface area contributed by atoms with Crippen LogP contribution in [0.4, 0.5) is 25.8 Å². The quantitative estimate of drug-likeness (QED) is 0.0581. The summed E-state index contributed by atoms with van der Waals surface area (Å²) in [5, 5.41) is 15.6. The van der Waals surface area contributed by atoms with Crippen LogP contribution in [0.2, 0.25) is 0 Å². The van der Waals surface area contributed by atoms with Gasteiger partial charge in [0.15, 0.2) is 0 Å². The summed E-state index contributed by atoms with van der Waals surface area (Å²) in [5.41, 5.74) is 3.62. The van der Waals surface area contributed by atoms with Gasteiger partial charge in [-0.2, -0.15) is 0 Å². The number of aromatic nitrogens is 2. The molecule has 4 aromatic carbocycles. The Morgan fingerprint density at radius 2 is 1.62 bits per heavy atom. The Labute approximate surface area is 454 Å². The number of carbonyl (C=O) groups is 1. The number of piperazine rings is 1. The Morgan fingerprint density at radius 3 is 2.33 bits per heavy atom. The fourth-order valence-electron chi connectivity index (χ4n) is 12.6. The van der Waals surface area contributed by atoms with Crippen molar-refractivity contribution in [3.63, 3.8) is 0 Å². The molecule has 0 bridgehead atoms. The van der Waals surface area contributed by atoms with Crippen LogP contribution in [-0.4, -0.2) is 121 Å². The normalized spacial score (nSPS) is 20.3. The lowest BCUT2D eigenvalue weighted by Gasteiger charge is -2.58. The SMILES string of the molecule is CC(C)c1ccccc1[C@@H]1CN(Cc2ccc(CN3CCCC3)cc2)CCN1C1CC2(CCN(c3cc(Oc4cnc5[nH]ccc5c4)c(C(=O)NS(=O)(=O)c4ccc(NCC5(F)CCOCC5)c([N+](=O)[O-])c4)cc3F)CC2)C1. The van der Waals surface area contributed by atoms with Gasteiger partial charge >= 0.3 is 0 Å². The molecule has 5 fully saturated rings. The van der Waals surface area contributed by atoms with Crippen molar-refractivity contribution in [2.75, 3.05) is 75.8 Å². The fraction of sp³-hybridized carbons (Fsp3) is 0.458. The van der Waals surface area contributed by atoms with E-state index in [1.165, 1.54) is 60.4 Å². The van der Waals surface area contributed by atoms with Gasteiger partial charge in [-0.25, -0.2) is 26.9 Å². The van der Waals surface area contributed by atoms with Gasteiger partial charge in [0.25, 0.3) is 21.6 Å². The maximum Gasteiger partial charge on any atom is 0.293 e. The van der Waals surface area contributed by atoms with Crippen LogP contribution >= 0.6 is 0 Å². The van der Waals surface area contributed by atoms with E-state index in [0.29, 0.717) is 36.1 Å². The zero-order chi connectivity index (χ0) is 54.2. The third kappa shape index (κ3) is 11.6. The van der Waals surface area contributed by atoms with Crippen molar-refractivity contribution in [2.24, 2.45) is 5.41 Å². The lowest BCUT2D eigenvalue weighted by molar-refractivity contribution is -0.384. The molecule has 1 atom stereocenters. The number of fused-ring (bicyclic) bond motifs is 1. The fourth-order valence-corrected chi connectivity index (χ4v) is 13.6. The predicted molar refractivity (Wildman–Crippen MR) is 296 cm³/mol. The Hall–Kier alpha value is -6.51. The molecule has 1 saturated carbocycles. The van der Waals surface area contributed by atoms with E-state index in [2.05, 4.69) is 92.4 Å². The number of hydrogen-bond acceptors (Lipinski definition) is 13. The zero-order valence-corrected chi connectivity index (χ0v) is 45.2. The lowest BCUT2D eigenvalue weighted by Crippen LogP contribution is -2.60. The first-order valence-electron chi connectivity index (χ1n) is 27.5. The molecule has 6 aromatic rings. The topological polar surface area (TPSA) is 179 Å². The number of nitrogens with one attached hydrogen (secondary N) is 3. The van der Waals surface area contributed by atoms with Gasteiger partial charge in [-0.1, -0.05) is 62.4 Å². The highest BCUT2D eigenvalue weighted by atomic mass is 32.2. The van der Waals surface area contributed by atoms with Crippen molar-refractivity contribution in [3.05, 3.63) is 147 Å². The third-order valence-corrected chi connectivity index (χ3v) is 18.4. The van der Waals surface area contributed by atoms with Crippen LogP contribution < -0.4 is 19.7 Å². The van der Waals surface area contributed by atoms with Crippen LogP contribution in [0.3, 0.4) is 0 Å². The Bertz CT molecular complexity index is 3260. The molecule has 11 rings (SSSR count). The Kier molecular flexibility index (Phi) is 15.3. The van der Waals surface area contributed by atoms with E-state index in [4.69, 9.17) is 9.47 Å². The predicted octanol–water partition coefficient (Wildman–Crippen LogP) is 10.5. The molecular weight excluding hydrogens is 1020 g/mol. The van der Waals surface area contributed by atoms with Crippen molar-refractivity contribution in [2.45, 2.75) is 107 Å². The minimum atomic E-state index is -4.78. The molecular formula is C59H69F2N9O7S. The van der Waals surface area contributed by atoms with E-state index in [0.717, 1.165) is 82.7 Å². The Balaban J connectivity index is 0.783. The first-order valence-corrected chi connectivity index (χ1v) is 29.0. The van der Waals surface area contributed by atoms with Crippen molar-refractivity contribution >= 4 is 44.0 Å². The van der Waals surface area contributed by atoms with Gasteiger partial charge in [0.2, 0.25) is 0 Å². The van der Waals surface area contributed by atoms with Crippen molar-refractivity contribution in [3.8, 4) is 11.5 Å². The van der Waals surface area contributed by atoms with E-state index >= 15 is 8.78 Å². The summed E-state index contributed by atoms with van der Waals surface area (Å²) in [6.07, 6.45) is 9.73. The van der Waals surface area contributed by atoms with Crippen LogP contribution in [0.15, 0.2) is 108 Å². The highest BCUT2D eigenvalue weighted by molar-refractivity contribution is 7.90. The standard InChI is InChI=1S/C59H69F2N9O7S/c1-40(2)47-7-3-4-8-48(47)54-38-67(37-42-11-9-41(10-12-42)36-66-21-5-6-22-66)25-26-69(54)44-33-58(34-44)16-23-68(24-17-58)52-32-55(77-45-29-43-15-20-62-56(43)63-35-45)49(31-50(52)60)57(71)65-78(74,75)46-13-14-51(53(30-46)70(72)73)64-39-59(61)18-27-76-28-19-59/h3-4,7-15,20,29-32,35,40,44,54,64H,5-6,16-19,21-28,33-34,36-39H2,1-2H3,(H,62,63)(H,65,71)/t54-/m0/s1. The summed E-state index contributed by atoms with van der Waals surface area (Å²) in [6.45, 7) is 13.1. The number of halogens is 2. The first-order chi connectivity index (χ1) is 37.6. The second-order valence-corrected chi connectivity index (χ2v) is 24.3. The minimum Gasteiger partial charge on any atom is -0.455 e. The first kappa shape index (κ1) is 53.5. The number of nitro benzene ring substituents is 1. The maximum absolute atomic E-state index is 16.6. The van der Waals surface area contributed by atoms with Crippen LogP contribution in [0.25, 0.3) is 11.0 Å². The number of hydrogen-bond donors (Lipinski definition) is 3. The average Bonchev–Trinajstić information content (AvgIpc) is 4.18. The number of nitro groups is 1. The van der Waals surface area contributed by atoms with Gasteiger partial charge in [0, 0.05) is 114 Å². The van der Waals surface area contributed by atoms with Gasteiger partial charge in [-0.15, -0.1) is 0 Å². The molecule has 78 heavy (non-hydrogen) atoms. The number of rotatable bonds is 17. The molecule has 16 nitrogen and oxygen atoms in total. The number of sulfonamides is 1. The van der Waals surface area contributed by atoms with Crippen molar-refractivity contribution in [1.29, 1.82) is 0 Å². The summed E-state index contributed by atoms with van der Waals surface area (Å²) in [6, 6.07) is 27.8. The van der Waals surface area contributed by atoms with Crippen LogP contribution in [0.1, 0.15) is 110 Å². The molecule has 1 spiro atoms. The molecule has 6 heterocycles. The number of carbonyl (C=O) groups excluding carboxylic acids is 1. The average molecular weight is 1090 g/mol. The molecule has 3 N–H and O–H groups in total. The van der Waals surface area contributed by atoms with Crippen molar-refractivity contribution < 1.29 is 36.4 Å². The number of piperidine rings is 1. The number of anilines is 2. The van der Waals surface area contributed by atoms with Crippen LogP contribution in [-0.2, 0) is 27.8 Å². The molecule has 0 unspecified atom stereocenters. The second kappa shape index (κ2) is 22.3. The lowest BCUT2D eigenvalue weighted by atomic mass is 9.59. The molecule has 412 valence electrons. The maximum atomic E-state index is 16.6. The summed E-state index contributed by atoms with van der Waals surface area (Å²) in [4.78, 5) is 42.2. The summed E-state index contributed by atoms with van der Waals surface area (Å²) >= 11 is 0. The number of likely N-dealkylation sites (tertiary alicyclic amines) is 1. The molecule has 1 amide bonds. The monoisotopic (exact) mass is 1090 g/mol. The van der Waals surface area contributed by atoms with Gasteiger partial charge < -0.3 is 24.7 Å². The number of amides is 1. The van der Waals surface area contributed by atoms with Gasteiger partial charge in [-0.05, 0) is 116 Å². The number of alkyl halides is 1.